The third-order valence-corrected chi connectivity index (χ3v) is 4.04. The third kappa shape index (κ3) is 2.65. The predicted octanol–water partition coefficient (Wildman–Crippen LogP) is 4.15. The van der Waals surface area contributed by atoms with Crippen molar-refractivity contribution in [1.82, 2.24) is 10.1 Å². The van der Waals surface area contributed by atoms with Gasteiger partial charge in [-0.2, -0.15) is 4.98 Å². The second-order valence-electron chi connectivity index (χ2n) is 5.82. The Labute approximate surface area is 105 Å². The highest BCUT2D eigenvalue weighted by atomic mass is 79.9. The lowest BCUT2D eigenvalue weighted by atomic mass is 9.70. The summed E-state index contributed by atoms with van der Waals surface area (Å²) in [6.07, 6.45) is 4.90. The summed E-state index contributed by atoms with van der Waals surface area (Å²) in [5.74, 6) is 2.10. The van der Waals surface area contributed by atoms with Gasteiger partial charge in [-0.3, -0.25) is 0 Å². The first-order valence-corrected chi connectivity index (χ1v) is 6.75. The van der Waals surface area contributed by atoms with Crippen LogP contribution in [0.4, 0.5) is 0 Å². The van der Waals surface area contributed by atoms with E-state index >= 15 is 0 Å². The molecule has 0 aliphatic heterocycles. The molecule has 1 aromatic rings. The predicted molar refractivity (Wildman–Crippen MR) is 66.2 cm³/mol. The Balaban J connectivity index is 1.95. The molecule has 0 unspecified atom stereocenters. The first-order valence-electron chi connectivity index (χ1n) is 5.96. The first-order chi connectivity index (χ1) is 7.47. The van der Waals surface area contributed by atoms with Crippen molar-refractivity contribution in [2.75, 3.05) is 0 Å². The van der Waals surface area contributed by atoms with E-state index in [1.165, 1.54) is 25.7 Å². The summed E-state index contributed by atoms with van der Waals surface area (Å²) in [5.41, 5.74) is 0.431. The topological polar surface area (TPSA) is 38.9 Å². The van der Waals surface area contributed by atoms with Crippen LogP contribution in [-0.2, 0) is 0 Å². The fraction of sp³-hybridized carbons (Fsp3) is 0.833. The molecular formula is C12H19BrN2O. The summed E-state index contributed by atoms with van der Waals surface area (Å²) in [5, 5.41) is 3.79. The summed E-state index contributed by atoms with van der Waals surface area (Å²) < 4.78 is 5.79. The molecule has 1 saturated carbocycles. The molecule has 1 aromatic heterocycles. The molecule has 0 N–H and O–H groups in total. The van der Waals surface area contributed by atoms with Gasteiger partial charge in [0.05, 0.1) is 0 Å². The molecule has 0 atom stereocenters. The summed E-state index contributed by atoms with van der Waals surface area (Å²) >= 11 is 3.23. The zero-order valence-electron chi connectivity index (χ0n) is 10.2. The van der Waals surface area contributed by atoms with Gasteiger partial charge >= 0.3 is 0 Å². The maximum Gasteiger partial charge on any atom is 0.238 e. The molecule has 3 nitrogen and oxygen atoms in total. The van der Waals surface area contributed by atoms with Crippen LogP contribution in [0.15, 0.2) is 9.26 Å². The summed E-state index contributed by atoms with van der Waals surface area (Å²) in [6, 6.07) is 0. The quantitative estimate of drug-likeness (QED) is 0.778. The van der Waals surface area contributed by atoms with Crippen LogP contribution in [0.25, 0.3) is 0 Å². The van der Waals surface area contributed by atoms with Crippen molar-refractivity contribution in [3.05, 3.63) is 10.6 Å². The van der Waals surface area contributed by atoms with Gasteiger partial charge < -0.3 is 4.52 Å². The van der Waals surface area contributed by atoms with Crippen LogP contribution < -0.4 is 0 Å². The molecule has 0 bridgehead atoms. The van der Waals surface area contributed by atoms with Gasteiger partial charge in [0.25, 0.3) is 0 Å². The van der Waals surface area contributed by atoms with Crippen LogP contribution >= 0.6 is 15.9 Å². The fourth-order valence-corrected chi connectivity index (χ4v) is 2.84. The van der Waals surface area contributed by atoms with Crippen molar-refractivity contribution in [1.29, 1.82) is 0 Å². The third-order valence-electron chi connectivity index (χ3n) is 3.72. The van der Waals surface area contributed by atoms with E-state index in [4.69, 9.17) is 4.52 Å². The molecule has 1 fully saturated rings. The van der Waals surface area contributed by atoms with E-state index in [1.54, 1.807) is 0 Å². The molecule has 0 saturated heterocycles. The highest BCUT2D eigenvalue weighted by Gasteiger charge is 2.32. The number of nitrogens with zero attached hydrogens (tertiary/aromatic N) is 2. The average Bonchev–Trinajstić information content (AvgIpc) is 2.64. The highest BCUT2D eigenvalue weighted by Crippen LogP contribution is 2.42. The Morgan fingerprint density at radius 2 is 1.81 bits per heavy atom. The second kappa shape index (κ2) is 4.47. The van der Waals surface area contributed by atoms with Crippen molar-refractivity contribution >= 4 is 15.9 Å². The normalized spacial score (nSPS) is 27.0. The fourth-order valence-electron chi connectivity index (χ4n) is 2.59. The summed E-state index contributed by atoms with van der Waals surface area (Å²) in [4.78, 5) is 4.26. The summed E-state index contributed by atoms with van der Waals surface area (Å²) in [6.45, 7) is 7.00. The van der Waals surface area contributed by atoms with Gasteiger partial charge in [-0.05, 0) is 58.1 Å². The number of halogens is 1. The van der Waals surface area contributed by atoms with Gasteiger partial charge in [-0.15, -0.1) is 0 Å². The Hall–Kier alpha value is -0.380. The van der Waals surface area contributed by atoms with Crippen LogP contribution in [0, 0.1) is 11.3 Å². The zero-order valence-corrected chi connectivity index (χ0v) is 11.7. The smallest absolute Gasteiger partial charge is 0.238 e. The molecule has 0 amide bonds. The van der Waals surface area contributed by atoms with Crippen LogP contribution in [0.3, 0.4) is 0 Å². The minimum absolute atomic E-state index is 0.431. The van der Waals surface area contributed by atoms with Crippen molar-refractivity contribution < 1.29 is 4.52 Å². The van der Waals surface area contributed by atoms with E-state index < -0.39 is 0 Å². The van der Waals surface area contributed by atoms with E-state index in [0.717, 1.165) is 11.8 Å². The van der Waals surface area contributed by atoms with Gasteiger partial charge in [-0.1, -0.05) is 20.8 Å². The Morgan fingerprint density at radius 3 is 2.25 bits per heavy atom. The minimum atomic E-state index is 0.431. The van der Waals surface area contributed by atoms with Crippen molar-refractivity contribution in [2.24, 2.45) is 11.3 Å². The average molecular weight is 287 g/mol. The maximum atomic E-state index is 5.22. The van der Waals surface area contributed by atoms with Gasteiger partial charge in [-0.25, -0.2) is 0 Å². The molecule has 4 heteroatoms. The maximum absolute atomic E-state index is 5.22. The molecule has 16 heavy (non-hydrogen) atoms. The number of aromatic nitrogens is 2. The van der Waals surface area contributed by atoms with Crippen molar-refractivity contribution in [3.8, 4) is 0 Å². The number of rotatable bonds is 1. The van der Waals surface area contributed by atoms with Crippen molar-refractivity contribution in [2.45, 2.75) is 52.4 Å². The zero-order chi connectivity index (χ0) is 11.8. The summed E-state index contributed by atoms with van der Waals surface area (Å²) in [7, 11) is 0. The van der Waals surface area contributed by atoms with Gasteiger partial charge in [0.15, 0.2) is 0 Å². The van der Waals surface area contributed by atoms with E-state index in [1.807, 2.05) is 0 Å². The molecule has 0 spiro atoms. The lowest BCUT2D eigenvalue weighted by Crippen LogP contribution is -2.25. The molecule has 0 aromatic carbocycles. The number of hydrogen-bond donors (Lipinski definition) is 0. The molecule has 1 aliphatic rings. The largest absolute Gasteiger partial charge is 0.338 e. The van der Waals surface area contributed by atoms with E-state index in [2.05, 4.69) is 46.8 Å². The standard InChI is InChI=1S/C12H19BrN2O/c1-12(2,3)9-6-4-8(5-7-9)10-14-11(13)15-16-10/h8-9H,4-7H2,1-3H3. The Morgan fingerprint density at radius 1 is 1.19 bits per heavy atom. The highest BCUT2D eigenvalue weighted by molar-refractivity contribution is 9.10. The Kier molecular flexibility index (Phi) is 3.38. The Bertz CT molecular complexity index is 348. The lowest BCUT2D eigenvalue weighted by Gasteiger charge is -2.35. The monoisotopic (exact) mass is 286 g/mol. The van der Waals surface area contributed by atoms with E-state index in [-0.39, 0.29) is 0 Å². The lowest BCUT2D eigenvalue weighted by molar-refractivity contribution is 0.159. The second-order valence-corrected chi connectivity index (χ2v) is 6.53. The van der Waals surface area contributed by atoms with Crippen LogP contribution in [0.2, 0.25) is 0 Å². The van der Waals surface area contributed by atoms with Gasteiger partial charge in [0.2, 0.25) is 10.6 Å². The van der Waals surface area contributed by atoms with Crippen LogP contribution in [0.5, 0.6) is 0 Å². The van der Waals surface area contributed by atoms with Crippen LogP contribution in [-0.4, -0.2) is 10.1 Å². The molecule has 1 heterocycles. The van der Waals surface area contributed by atoms with Crippen molar-refractivity contribution in [3.63, 3.8) is 0 Å². The first kappa shape index (κ1) is 12.1. The SMILES string of the molecule is CC(C)(C)C1CCC(c2nc(Br)no2)CC1. The molecule has 2 rings (SSSR count). The van der Waals surface area contributed by atoms with Gasteiger partial charge in [0, 0.05) is 5.92 Å². The molecular weight excluding hydrogens is 268 g/mol. The molecule has 0 radical (unpaired) electrons. The molecule has 1 aliphatic carbocycles. The molecule has 90 valence electrons. The van der Waals surface area contributed by atoms with Crippen LogP contribution in [0.1, 0.15) is 58.3 Å². The minimum Gasteiger partial charge on any atom is -0.338 e. The number of hydrogen-bond acceptors (Lipinski definition) is 3. The van der Waals surface area contributed by atoms with E-state index in [0.29, 0.717) is 16.1 Å². The van der Waals surface area contributed by atoms with Gasteiger partial charge in [0.1, 0.15) is 0 Å². The van der Waals surface area contributed by atoms with E-state index in [9.17, 15) is 0 Å².